The van der Waals surface area contributed by atoms with E-state index in [2.05, 4.69) is 27.8 Å². The van der Waals surface area contributed by atoms with E-state index in [9.17, 15) is 4.79 Å². The molecule has 3 aromatic rings. The van der Waals surface area contributed by atoms with Gasteiger partial charge in [-0.3, -0.25) is 9.78 Å². The lowest BCUT2D eigenvalue weighted by Crippen LogP contribution is -2.13. The van der Waals surface area contributed by atoms with Gasteiger partial charge in [0, 0.05) is 24.0 Å². The normalized spacial score (nSPS) is 10.4. The van der Waals surface area contributed by atoms with Crippen LogP contribution in [0.3, 0.4) is 0 Å². The molecule has 0 bridgehead atoms. The second-order valence-corrected chi connectivity index (χ2v) is 6.55. The van der Waals surface area contributed by atoms with Gasteiger partial charge < -0.3 is 10.6 Å². The van der Waals surface area contributed by atoms with Crippen molar-refractivity contribution in [3.05, 3.63) is 88.2 Å². The summed E-state index contributed by atoms with van der Waals surface area (Å²) in [6, 6.07) is 16.9. The number of carbonyl (C=O) groups is 1. The monoisotopic (exact) mass is 385 g/mol. The zero-order valence-electron chi connectivity index (χ0n) is 13.9. The second kappa shape index (κ2) is 8.70. The molecule has 1 heterocycles. The third kappa shape index (κ3) is 4.97. The lowest BCUT2D eigenvalue weighted by atomic mass is 10.1. The summed E-state index contributed by atoms with van der Waals surface area (Å²) in [4.78, 5) is 16.6. The summed E-state index contributed by atoms with van der Waals surface area (Å²) in [5, 5.41) is 6.95. The predicted molar refractivity (Wildman–Crippen MR) is 107 cm³/mol. The van der Waals surface area contributed by atoms with Crippen LogP contribution >= 0.6 is 23.2 Å². The van der Waals surface area contributed by atoms with Crippen LogP contribution in [0.25, 0.3) is 0 Å². The van der Waals surface area contributed by atoms with Gasteiger partial charge in [0.15, 0.2) is 0 Å². The summed E-state index contributed by atoms with van der Waals surface area (Å²) in [5.41, 5.74) is 2.99. The van der Waals surface area contributed by atoms with Crippen LogP contribution in [0.15, 0.2) is 67.0 Å². The molecule has 4 nitrogen and oxygen atoms in total. The average Bonchev–Trinajstić information content (AvgIpc) is 2.65. The Bertz CT molecular complexity index is 901. The Labute approximate surface area is 162 Å². The third-order valence-electron chi connectivity index (χ3n) is 3.77. The van der Waals surface area contributed by atoms with Crippen molar-refractivity contribution in [3.63, 3.8) is 0 Å². The Morgan fingerprint density at radius 2 is 1.81 bits per heavy atom. The fourth-order valence-electron chi connectivity index (χ4n) is 2.44. The van der Waals surface area contributed by atoms with Gasteiger partial charge in [-0.05, 0) is 36.2 Å². The molecule has 0 atom stereocenters. The molecule has 0 spiro atoms. The van der Waals surface area contributed by atoms with Gasteiger partial charge >= 0.3 is 0 Å². The fraction of sp³-hybridized carbons (Fsp3) is 0.100. The molecule has 0 fully saturated rings. The van der Waals surface area contributed by atoms with E-state index >= 15 is 0 Å². The smallest absolute Gasteiger partial charge is 0.257 e. The molecule has 0 radical (unpaired) electrons. The number of amides is 1. The molecule has 2 N–H and O–H groups in total. The van der Waals surface area contributed by atoms with Crippen LogP contribution in [0.5, 0.6) is 0 Å². The van der Waals surface area contributed by atoms with Gasteiger partial charge in [-0.15, -0.1) is 0 Å². The largest absolute Gasteiger partial charge is 0.383 e. The van der Waals surface area contributed by atoms with Crippen LogP contribution in [0.4, 0.5) is 11.4 Å². The molecule has 0 aliphatic rings. The van der Waals surface area contributed by atoms with Crippen molar-refractivity contribution >= 4 is 40.5 Å². The van der Waals surface area contributed by atoms with E-state index in [0.29, 0.717) is 21.3 Å². The maximum atomic E-state index is 12.4. The Morgan fingerprint density at radius 3 is 2.58 bits per heavy atom. The van der Waals surface area contributed by atoms with Crippen molar-refractivity contribution < 1.29 is 4.79 Å². The number of hydrogen-bond donors (Lipinski definition) is 2. The molecule has 26 heavy (non-hydrogen) atoms. The minimum absolute atomic E-state index is 0.284. The van der Waals surface area contributed by atoms with Crippen molar-refractivity contribution in [1.29, 1.82) is 0 Å². The van der Waals surface area contributed by atoms with Gasteiger partial charge in [0.2, 0.25) is 0 Å². The summed E-state index contributed by atoms with van der Waals surface area (Å²) < 4.78 is 0. The molecule has 0 aliphatic carbocycles. The van der Waals surface area contributed by atoms with Gasteiger partial charge in [-0.25, -0.2) is 0 Å². The summed E-state index contributed by atoms with van der Waals surface area (Å²) in [6.45, 7) is 0.750. The summed E-state index contributed by atoms with van der Waals surface area (Å²) in [5.74, 6) is -0.284. The number of carbonyl (C=O) groups excluding carboxylic acids is 1. The molecule has 6 heteroatoms. The lowest BCUT2D eigenvalue weighted by molar-refractivity contribution is 0.102. The molecular formula is C20H17Cl2N3O. The van der Waals surface area contributed by atoms with Gasteiger partial charge in [-0.2, -0.15) is 0 Å². The molecule has 0 saturated heterocycles. The average molecular weight is 386 g/mol. The zero-order chi connectivity index (χ0) is 18.4. The van der Waals surface area contributed by atoms with E-state index in [0.717, 1.165) is 18.7 Å². The first-order valence-corrected chi connectivity index (χ1v) is 8.86. The van der Waals surface area contributed by atoms with Crippen molar-refractivity contribution in [2.24, 2.45) is 0 Å². The van der Waals surface area contributed by atoms with Crippen LogP contribution in [0, 0.1) is 0 Å². The quantitative estimate of drug-likeness (QED) is 0.605. The molecule has 132 valence electrons. The van der Waals surface area contributed by atoms with Crippen molar-refractivity contribution in [3.8, 4) is 0 Å². The van der Waals surface area contributed by atoms with Crippen LogP contribution in [-0.4, -0.2) is 17.4 Å². The second-order valence-electron chi connectivity index (χ2n) is 5.70. The maximum Gasteiger partial charge on any atom is 0.257 e. The topological polar surface area (TPSA) is 54.0 Å². The van der Waals surface area contributed by atoms with Gasteiger partial charge in [0.25, 0.3) is 5.91 Å². The number of hydrogen-bond acceptors (Lipinski definition) is 3. The molecule has 2 aromatic carbocycles. The first-order valence-electron chi connectivity index (χ1n) is 8.11. The summed E-state index contributed by atoms with van der Waals surface area (Å²) >= 11 is 12.0. The molecule has 0 unspecified atom stereocenters. The van der Waals surface area contributed by atoms with E-state index in [1.54, 1.807) is 30.5 Å². The van der Waals surface area contributed by atoms with Crippen LogP contribution in [0.2, 0.25) is 10.0 Å². The zero-order valence-corrected chi connectivity index (χ0v) is 15.4. The SMILES string of the molecule is O=C(Nc1ccc(Cl)cc1Cl)c1cncc(NCCc2ccccc2)c1. The Hall–Kier alpha value is -2.56. The predicted octanol–water partition coefficient (Wildman–Crippen LogP) is 5.30. The fourth-order valence-corrected chi connectivity index (χ4v) is 2.90. The van der Waals surface area contributed by atoms with E-state index in [4.69, 9.17) is 23.2 Å². The molecular weight excluding hydrogens is 369 g/mol. The standard InChI is InChI=1S/C20H17Cl2N3O/c21-16-6-7-19(18(22)11-16)25-20(26)15-10-17(13-23-12-15)24-9-8-14-4-2-1-3-5-14/h1-7,10-13,24H,8-9H2,(H,25,26). The van der Waals surface area contributed by atoms with E-state index < -0.39 is 0 Å². The Kier molecular flexibility index (Phi) is 6.10. The number of pyridine rings is 1. The van der Waals surface area contributed by atoms with E-state index in [1.807, 2.05) is 18.2 Å². The van der Waals surface area contributed by atoms with Gasteiger partial charge in [-0.1, -0.05) is 53.5 Å². The number of nitrogens with zero attached hydrogens (tertiary/aromatic N) is 1. The van der Waals surface area contributed by atoms with Crippen molar-refractivity contribution in [1.82, 2.24) is 4.98 Å². The van der Waals surface area contributed by atoms with E-state index in [-0.39, 0.29) is 5.91 Å². The minimum Gasteiger partial charge on any atom is -0.383 e. The number of nitrogens with one attached hydrogen (secondary N) is 2. The van der Waals surface area contributed by atoms with Crippen LogP contribution in [0.1, 0.15) is 15.9 Å². The third-order valence-corrected chi connectivity index (χ3v) is 4.31. The number of benzene rings is 2. The van der Waals surface area contributed by atoms with E-state index in [1.165, 1.54) is 11.8 Å². The first kappa shape index (κ1) is 18.2. The molecule has 3 rings (SSSR count). The summed E-state index contributed by atoms with van der Waals surface area (Å²) in [6.07, 6.45) is 4.09. The Balaban J connectivity index is 1.61. The highest BCUT2D eigenvalue weighted by atomic mass is 35.5. The molecule has 0 saturated carbocycles. The highest BCUT2D eigenvalue weighted by Gasteiger charge is 2.10. The number of aromatic nitrogens is 1. The van der Waals surface area contributed by atoms with Crippen LogP contribution in [-0.2, 0) is 6.42 Å². The maximum absolute atomic E-state index is 12.4. The van der Waals surface area contributed by atoms with Gasteiger partial charge in [0.05, 0.1) is 22.0 Å². The number of anilines is 2. The highest BCUT2D eigenvalue weighted by Crippen LogP contribution is 2.26. The lowest BCUT2D eigenvalue weighted by Gasteiger charge is -2.10. The highest BCUT2D eigenvalue weighted by molar-refractivity contribution is 6.36. The first-order chi connectivity index (χ1) is 12.6. The van der Waals surface area contributed by atoms with Crippen molar-refractivity contribution in [2.75, 3.05) is 17.2 Å². The number of rotatable bonds is 6. The Morgan fingerprint density at radius 1 is 1.00 bits per heavy atom. The molecule has 1 aromatic heterocycles. The number of halogens is 2. The molecule has 1 amide bonds. The summed E-state index contributed by atoms with van der Waals surface area (Å²) in [7, 11) is 0. The van der Waals surface area contributed by atoms with Crippen molar-refractivity contribution in [2.45, 2.75) is 6.42 Å². The van der Waals surface area contributed by atoms with Gasteiger partial charge in [0.1, 0.15) is 0 Å². The molecule has 0 aliphatic heterocycles. The minimum atomic E-state index is -0.284. The van der Waals surface area contributed by atoms with Crippen LogP contribution < -0.4 is 10.6 Å².